The maximum atomic E-state index is 11.9. The van der Waals surface area contributed by atoms with Crippen LogP contribution in [0.1, 0.15) is 17.3 Å². The molecule has 0 fully saturated rings. The minimum Gasteiger partial charge on any atom is -0.508 e. The van der Waals surface area contributed by atoms with E-state index >= 15 is 0 Å². The summed E-state index contributed by atoms with van der Waals surface area (Å²) in [5.74, 6) is -0.656. The van der Waals surface area contributed by atoms with Crippen LogP contribution in [0.25, 0.3) is 0 Å². The number of nitrogens with zero attached hydrogens (tertiary/aromatic N) is 2. The number of aromatic hydroxyl groups is 2. The third-order valence-corrected chi connectivity index (χ3v) is 2.65. The van der Waals surface area contributed by atoms with Crippen LogP contribution in [-0.2, 0) is 6.54 Å². The van der Waals surface area contributed by atoms with Crippen molar-refractivity contribution in [1.29, 1.82) is 0 Å². The fourth-order valence-corrected chi connectivity index (χ4v) is 1.76. The standard InChI is InChI=1S/C13H15N3O3/c1-9(7-16-5-4-14-8-16)15-13(19)11-6-10(17)2-3-12(11)18/h2-6,8-9,17-18H,7H2,1H3,(H,15,19). The average Bonchev–Trinajstić information content (AvgIpc) is 2.84. The maximum Gasteiger partial charge on any atom is 0.255 e. The van der Waals surface area contributed by atoms with Crippen LogP contribution < -0.4 is 5.32 Å². The molecule has 0 spiro atoms. The Labute approximate surface area is 110 Å². The van der Waals surface area contributed by atoms with Gasteiger partial charge < -0.3 is 20.1 Å². The fraction of sp³-hybridized carbons (Fsp3) is 0.231. The number of carbonyl (C=O) groups excluding carboxylic acids is 1. The monoisotopic (exact) mass is 261 g/mol. The van der Waals surface area contributed by atoms with Gasteiger partial charge in [0.1, 0.15) is 11.5 Å². The molecule has 0 saturated carbocycles. The van der Waals surface area contributed by atoms with Gasteiger partial charge >= 0.3 is 0 Å². The van der Waals surface area contributed by atoms with Gasteiger partial charge in [-0.1, -0.05) is 0 Å². The van der Waals surface area contributed by atoms with Crippen LogP contribution in [0.2, 0.25) is 0 Å². The van der Waals surface area contributed by atoms with Crippen LogP contribution >= 0.6 is 0 Å². The number of imidazole rings is 1. The SMILES string of the molecule is CC(Cn1ccnc1)NC(=O)c1cc(O)ccc1O. The second kappa shape index (κ2) is 5.43. The van der Waals surface area contributed by atoms with E-state index in [0.29, 0.717) is 6.54 Å². The highest BCUT2D eigenvalue weighted by molar-refractivity contribution is 5.97. The number of hydrogen-bond acceptors (Lipinski definition) is 4. The smallest absolute Gasteiger partial charge is 0.255 e. The Kier molecular flexibility index (Phi) is 3.70. The molecule has 3 N–H and O–H groups in total. The van der Waals surface area contributed by atoms with Crippen LogP contribution in [0.4, 0.5) is 0 Å². The van der Waals surface area contributed by atoms with Crippen molar-refractivity contribution >= 4 is 5.91 Å². The molecule has 1 atom stereocenters. The number of amides is 1. The van der Waals surface area contributed by atoms with Crippen LogP contribution in [-0.4, -0.2) is 31.7 Å². The molecule has 0 radical (unpaired) electrons. The molecule has 1 aromatic carbocycles. The molecule has 6 nitrogen and oxygen atoms in total. The first kappa shape index (κ1) is 12.9. The molecular formula is C13H15N3O3. The van der Waals surface area contributed by atoms with Crippen LogP contribution in [0.5, 0.6) is 11.5 Å². The lowest BCUT2D eigenvalue weighted by molar-refractivity contribution is 0.0933. The Bertz CT molecular complexity index is 567. The van der Waals surface area contributed by atoms with Gasteiger partial charge in [-0.05, 0) is 25.1 Å². The second-order valence-corrected chi connectivity index (χ2v) is 4.34. The van der Waals surface area contributed by atoms with Gasteiger partial charge in [0.25, 0.3) is 5.91 Å². The van der Waals surface area contributed by atoms with E-state index in [1.54, 1.807) is 18.7 Å². The van der Waals surface area contributed by atoms with Crippen molar-refractivity contribution in [3.05, 3.63) is 42.5 Å². The summed E-state index contributed by atoms with van der Waals surface area (Å²) < 4.78 is 1.84. The lowest BCUT2D eigenvalue weighted by Gasteiger charge is -2.15. The highest BCUT2D eigenvalue weighted by Crippen LogP contribution is 2.21. The van der Waals surface area contributed by atoms with E-state index < -0.39 is 5.91 Å². The molecule has 0 bridgehead atoms. The normalized spacial score (nSPS) is 12.1. The largest absolute Gasteiger partial charge is 0.508 e. The van der Waals surface area contributed by atoms with Crippen molar-refractivity contribution in [3.8, 4) is 11.5 Å². The summed E-state index contributed by atoms with van der Waals surface area (Å²) in [6, 6.07) is 3.70. The number of aromatic nitrogens is 2. The number of hydrogen-bond donors (Lipinski definition) is 3. The third kappa shape index (κ3) is 3.25. The van der Waals surface area contributed by atoms with Gasteiger partial charge in [0.15, 0.2) is 0 Å². The predicted molar refractivity (Wildman–Crippen MR) is 68.9 cm³/mol. The molecule has 1 unspecified atom stereocenters. The highest BCUT2D eigenvalue weighted by atomic mass is 16.3. The number of carbonyl (C=O) groups is 1. The Morgan fingerprint density at radius 1 is 1.47 bits per heavy atom. The summed E-state index contributed by atoms with van der Waals surface area (Å²) in [6.07, 6.45) is 5.12. The van der Waals surface area contributed by atoms with E-state index in [2.05, 4.69) is 10.3 Å². The second-order valence-electron chi connectivity index (χ2n) is 4.34. The van der Waals surface area contributed by atoms with E-state index in [9.17, 15) is 15.0 Å². The minimum absolute atomic E-state index is 0.0532. The Hall–Kier alpha value is -2.50. The average molecular weight is 261 g/mol. The van der Waals surface area contributed by atoms with Crippen molar-refractivity contribution in [3.63, 3.8) is 0 Å². The van der Waals surface area contributed by atoms with E-state index in [0.717, 1.165) is 0 Å². The van der Waals surface area contributed by atoms with Gasteiger partial charge in [-0.15, -0.1) is 0 Å². The lowest BCUT2D eigenvalue weighted by atomic mass is 10.1. The zero-order valence-electron chi connectivity index (χ0n) is 10.4. The molecule has 0 aliphatic rings. The Balaban J connectivity index is 2.02. The zero-order chi connectivity index (χ0) is 13.8. The van der Waals surface area contributed by atoms with Gasteiger partial charge in [0, 0.05) is 25.0 Å². The Morgan fingerprint density at radius 2 is 2.26 bits per heavy atom. The van der Waals surface area contributed by atoms with E-state index in [1.165, 1.54) is 18.2 Å². The molecule has 2 rings (SSSR count). The van der Waals surface area contributed by atoms with Crippen molar-refractivity contribution < 1.29 is 15.0 Å². The van der Waals surface area contributed by atoms with Gasteiger partial charge in [0.05, 0.1) is 11.9 Å². The molecule has 19 heavy (non-hydrogen) atoms. The van der Waals surface area contributed by atoms with Crippen molar-refractivity contribution in [2.45, 2.75) is 19.5 Å². The van der Waals surface area contributed by atoms with Crippen LogP contribution in [0, 0.1) is 0 Å². The molecule has 1 aromatic heterocycles. The van der Waals surface area contributed by atoms with Gasteiger partial charge in [-0.3, -0.25) is 4.79 Å². The van der Waals surface area contributed by atoms with Gasteiger partial charge in [0.2, 0.25) is 0 Å². The van der Waals surface area contributed by atoms with E-state index in [1.807, 2.05) is 11.5 Å². The lowest BCUT2D eigenvalue weighted by Crippen LogP contribution is -2.35. The molecule has 1 heterocycles. The number of benzene rings is 1. The third-order valence-electron chi connectivity index (χ3n) is 2.65. The van der Waals surface area contributed by atoms with Crippen molar-refractivity contribution in [2.75, 3.05) is 0 Å². The summed E-state index contributed by atoms with van der Waals surface area (Å²) >= 11 is 0. The number of nitrogens with one attached hydrogen (secondary N) is 1. The van der Waals surface area contributed by atoms with Gasteiger partial charge in [-0.2, -0.15) is 0 Å². The molecule has 2 aromatic rings. The topological polar surface area (TPSA) is 87.4 Å². The number of phenolic OH excluding ortho intramolecular Hbond substituents is 2. The first-order valence-electron chi connectivity index (χ1n) is 5.85. The molecule has 0 saturated heterocycles. The first-order valence-corrected chi connectivity index (χ1v) is 5.85. The number of rotatable bonds is 4. The maximum absolute atomic E-state index is 11.9. The number of phenols is 2. The van der Waals surface area contributed by atoms with Gasteiger partial charge in [-0.25, -0.2) is 4.98 Å². The quantitative estimate of drug-likeness (QED) is 0.719. The van der Waals surface area contributed by atoms with E-state index in [-0.39, 0.29) is 23.1 Å². The summed E-state index contributed by atoms with van der Waals surface area (Å²) in [4.78, 5) is 15.9. The minimum atomic E-state index is -0.430. The summed E-state index contributed by atoms with van der Waals surface area (Å²) in [6.45, 7) is 2.42. The van der Waals surface area contributed by atoms with Crippen LogP contribution in [0.15, 0.2) is 36.9 Å². The molecule has 6 heteroatoms. The summed E-state index contributed by atoms with van der Waals surface area (Å²) in [7, 11) is 0. The Morgan fingerprint density at radius 3 is 2.95 bits per heavy atom. The highest BCUT2D eigenvalue weighted by Gasteiger charge is 2.14. The summed E-state index contributed by atoms with van der Waals surface area (Å²) in [5, 5.41) is 21.7. The van der Waals surface area contributed by atoms with Crippen LogP contribution in [0.3, 0.4) is 0 Å². The molecule has 0 aliphatic heterocycles. The predicted octanol–water partition coefficient (Wildman–Crippen LogP) is 1.11. The molecular weight excluding hydrogens is 246 g/mol. The van der Waals surface area contributed by atoms with Crippen molar-refractivity contribution in [2.24, 2.45) is 0 Å². The first-order chi connectivity index (χ1) is 9.06. The van der Waals surface area contributed by atoms with E-state index in [4.69, 9.17) is 0 Å². The summed E-state index contributed by atoms with van der Waals surface area (Å²) in [5.41, 5.74) is 0.0532. The van der Waals surface area contributed by atoms with Crippen molar-refractivity contribution in [1.82, 2.24) is 14.9 Å². The molecule has 0 aliphatic carbocycles. The molecule has 100 valence electrons. The fourth-order valence-electron chi connectivity index (χ4n) is 1.76. The zero-order valence-corrected chi connectivity index (χ0v) is 10.4. The molecule has 1 amide bonds.